The molecule has 1 N–H and O–H groups in total. The average Bonchev–Trinajstić information content (AvgIpc) is 2.72. The molecule has 4 heteroatoms. The van der Waals surface area contributed by atoms with Gasteiger partial charge in [0.2, 0.25) is 0 Å². The fourth-order valence-corrected chi connectivity index (χ4v) is 2.78. The number of rotatable bonds is 8. The Morgan fingerprint density at radius 2 is 1.83 bits per heavy atom. The number of nitrogens with one attached hydrogen (secondary N) is 1. The van der Waals surface area contributed by atoms with Crippen LogP contribution in [0.3, 0.4) is 0 Å². The van der Waals surface area contributed by atoms with E-state index in [-0.39, 0.29) is 0 Å². The molecule has 0 saturated carbocycles. The molecule has 0 spiro atoms. The molecule has 104 valence electrons. The maximum absolute atomic E-state index is 4.58. The van der Waals surface area contributed by atoms with Gasteiger partial charge in [-0.05, 0) is 18.4 Å². The third-order valence-electron chi connectivity index (χ3n) is 2.53. The second-order valence-electron chi connectivity index (χ2n) is 5.58. The summed E-state index contributed by atoms with van der Waals surface area (Å²) in [7, 11) is 0. The standard InChI is InChI=1S/C14H27N3S/c1-6-15-7-13-8-16-14(18-13)17(9-11(2)3)10-12(4)5/h8,11-12,15H,6-7,9-10H2,1-5H3. The molecule has 0 radical (unpaired) electrons. The number of thiazole rings is 1. The van der Waals surface area contributed by atoms with Crippen molar-refractivity contribution in [2.45, 2.75) is 41.2 Å². The number of aromatic nitrogens is 1. The molecule has 0 bridgehead atoms. The molecule has 1 heterocycles. The van der Waals surface area contributed by atoms with E-state index in [9.17, 15) is 0 Å². The van der Waals surface area contributed by atoms with Crippen LogP contribution in [-0.4, -0.2) is 24.6 Å². The highest BCUT2D eigenvalue weighted by molar-refractivity contribution is 7.15. The highest BCUT2D eigenvalue weighted by Gasteiger charge is 2.14. The molecule has 0 fully saturated rings. The third kappa shape index (κ3) is 5.36. The van der Waals surface area contributed by atoms with Gasteiger partial charge in [0.25, 0.3) is 0 Å². The van der Waals surface area contributed by atoms with Gasteiger partial charge in [0.15, 0.2) is 5.13 Å². The Labute approximate surface area is 116 Å². The molecule has 0 aliphatic heterocycles. The van der Waals surface area contributed by atoms with Crippen molar-refractivity contribution in [1.29, 1.82) is 0 Å². The number of anilines is 1. The average molecular weight is 269 g/mol. The Morgan fingerprint density at radius 3 is 2.33 bits per heavy atom. The molecule has 1 aromatic rings. The van der Waals surface area contributed by atoms with Crippen molar-refractivity contribution in [2.75, 3.05) is 24.5 Å². The van der Waals surface area contributed by atoms with Gasteiger partial charge in [-0.3, -0.25) is 0 Å². The lowest BCUT2D eigenvalue weighted by Gasteiger charge is -2.25. The van der Waals surface area contributed by atoms with Gasteiger partial charge in [-0.25, -0.2) is 4.98 Å². The first-order valence-electron chi connectivity index (χ1n) is 6.93. The van der Waals surface area contributed by atoms with Gasteiger partial charge >= 0.3 is 0 Å². The van der Waals surface area contributed by atoms with Crippen LogP contribution in [0.5, 0.6) is 0 Å². The molecule has 0 saturated heterocycles. The van der Waals surface area contributed by atoms with Gasteiger partial charge in [0, 0.05) is 30.7 Å². The van der Waals surface area contributed by atoms with Crippen molar-refractivity contribution in [1.82, 2.24) is 10.3 Å². The van der Waals surface area contributed by atoms with Gasteiger partial charge in [-0.2, -0.15) is 0 Å². The fourth-order valence-electron chi connectivity index (χ4n) is 1.89. The van der Waals surface area contributed by atoms with Crippen LogP contribution in [0.1, 0.15) is 39.5 Å². The van der Waals surface area contributed by atoms with Crippen LogP contribution < -0.4 is 10.2 Å². The van der Waals surface area contributed by atoms with Gasteiger partial charge in [-0.15, -0.1) is 11.3 Å². The lowest BCUT2D eigenvalue weighted by molar-refractivity contribution is 0.552. The normalized spacial score (nSPS) is 11.5. The zero-order valence-electron chi connectivity index (χ0n) is 12.4. The monoisotopic (exact) mass is 269 g/mol. The van der Waals surface area contributed by atoms with Crippen molar-refractivity contribution in [3.63, 3.8) is 0 Å². The largest absolute Gasteiger partial charge is 0.348 e. The van der Waals surface area contributed by atoms with Crippen LogP contribution in [0.25, 0.3) is 0 Å². The zero-order valence-corrected chi connectivity index (χ0v) is 13.2. The second kappa shape index (κ2) is 7.74. The topological polar surface area (TPSA) is 28.2 Å². The van der Waals surface area contributed by atoms with E-state index in [1.807, 2.05) is 17.5 Å². The summed E-state index contributed by atoms with van der Waals surface area (Å²) in [6.45, 7) is 15.3. The number of nitrogens with zero attached hydrogens (tertiary/aromatic N) is 2. The molecule has 0 atom stereocenters. The summed E-state index contributed by atoms with van der Waals surface area (Å²) in [5.41, 5.74) is 0. The molecular weight excluding hydrogens is 242 g/mol. The molecule has 1 aromatic heterocycles. The van der Waals surface area contributed by atoms with Crippen molar-refractivity contribution >= 4 is 16.5 Å². The van der Waals surface area contributed by atoms with Crippen LogP contribution in [0, 0.1) is 11.8 Å². The Hall–Kier alpha value is -0.610. The summed E-state index contributed by atoms with van der Waals surface area (Å²) in [6.07, 6.45) is 2.01. The Balaban J connectivity index is 2.68. The van der Waals surface area contributed by atoms with Gasteiger partial charge < -0.3 is 10.2 Å². The second-order valence-corrected chi connectivity index (χ2v) is 6.68. The smallest absolute Gasteiger partial charge is 0.185 e. The molecule has 0 aliphatic rings. The van der Waals surface area contributed by atoms with Crippen LogP contribution in [0.2, 0.25) is 0 Å². The maximum atomic E-state index is 4.58. The van der Waals surface area contributed by atoms with Gasteiger partial charge in [-0.1, -0.05) is 34.6 Å². The van der Waals surface area contributed by atoms with E-state index in [0.717, 1.165) is 26.2 Å². The molecule has 18 heavy (non-hydrogen) atoms. The SMILES string of the molecule is CCNCc1cnc(N(CC(C)C)CC(C)C)s1. The molecule has 0 aliphatic carbocycles. The van der Waals surface area contributed by atoms with Gasteiger partial charge in [0.05, 0.1) is 0 Å². The van der Waals surface area contributed by atoms with Crippen molar-refractivity contribution in [3.05, 3.63) is 11.1 Å². The van der Waals surface area contributed by atoms with Crippen molar-refractivity contribution in [3.8, 4) is 0 Å². The predicted molar refractivity (Wildman–Crippen MR) is 81.4 cm³/mol. The van der Waals surface area contributed by atoms with Crippen LogP contribution >= 0.6 is 11.3 Å². The van der Waals surface area contributed by atoms with E-state index in [1.165, 1.54) is 10.0 Å². The summed E-state index contributed by atoms with van der Waals surface area (Å²) in [5, 5.41) is 4.52. The zero-order chi connectivity index (χ0) is 13.5. The van der Waals surface area contributed by atoms with Crippen molar-refractivity contribution in [2.24, 2.45) is 11.8 Å². The van der Waals surface area contributed by atoms with E-state index in [0.29, 0.717) is 11.8 Å². The Bertz CT molecular complexity index is 324. The quantitative estimate of drug-likeness (QED) is 0.784. The van der Waals surface area contributed by atoms with E-state index in [2.05, 4.69) is 49.8 Å². The Kier molecular flexibility index (Phi) is 6.65. The third-order valence-corrected chi connectivity index (χ3v) is 3.59. The summed E-state index contributed by atoms with van der Waals surface area (Å²) in [6, 6.07) is 0. The lowest BCUT2D eigenvalue weighted by Crippen LogP contribution is -2.31. The highest BCUT2D eigenvalue weighted by atomic mass is 32.1. The van der Waals surface area contributed by atoms with Crippen LogP contribution in [-0.2, 0) is 6.54 Å². The first-order valence-corrected chi connectivity index (χ1v) is 7.74. The van der Waals surface area contributed by atoms with Crippen molar-refractivity contribution < 1.29 is 0 Å². The number of hydrogen-bond acceptors (Lipinski definition) is 4. The molecule has 0 unspecified atom stereocenters. The molecule has 3 nitrogen and oxygen atoms in total. The fraction of sp³-hybridized carbons (Fsp3) is 0.786. The molecule has 0 aromatic carbocycles. The lowest BCUT2D eigenvalue weighted by atomic mass is 10.1. The summed E-state index contributed by atoms with van der Waals surface area (Å²) >= 11 is 1.82. The highest BCUT2D eigenvalue weighted by Crippen LogP contribution is 2.24. The van der Waals surface area contributed by atoms with E-state index < -0.39 is 0 Å². The maximum Gasteiger partial charge on any atom is 0.185 e. The Morgan fingerprint density at radius 1 is 1.22 bits per heavy atom. The summed E-state index contributed by atoms with van der Waals surface area (Å²) < 4.78 is 0. The van der Waals surface area contributed by atoms with E-state index in [4.69, 9.17) is 0 Å². The van der Waals surface area contributed by atoms with E-state index in [1.54, 1.807) is 0 Å². The molecular formula is C14H27N3S. The minimum Gasteiger partial charge on any atom is -0.348 e. The number of hydrogen-bond donors (Lipinski definition) is 1. The summed E-state index contributed by atoms with van der Waals surface area (Å²) in [5.74, 6) is 1.34. The van der Waals surface area contributed by atoms with Crippen LogP contribution in [0.4, 0.5) is 5.13 Å². The molecule has 1 rings (SSSR count). The minimum absolute atomic E-state index is 0.671. The summed E-state index contributed by atoms with van der Waals surface area (Å²) in [4.78, 5) is 8.33. The van der Waals surface area contributed by atoms with E-state index >= 15 is 0 Å². The molecule has 0 amide bonds. The predicted octanol–water partition coefficient (Wildman–Crippen LogP) is 3.37. The first kappa shape index (κ1) is 15.4. The minimum atomic E-state index is 0.671. The van der Waals surface area contributed by atoms with Crippen LogP contribution in [0.15, 0.2) is 6.20 Å². The first-order chi connectivity index (χ1) is 8.52. The van der Waals surface area contributed by atoms with Gasteiger partial charge in [0.1, 0.15) is 0 Å².